The van der Waals surface area contributed by atoms with Gasteiger partial charge in [0.05, 0.1) is 0 Å². The maximum atomic E-state index is 7.59. The molecule has 0 unspecified atom stereocenters. The molecule has 1 rings (SSSR count). The molecule has 0 radical (unpaired) electrons. The Labute approximate surface area is 75.9 Å². The molecule has 0 aromatic heterocycles. The highest BCUT2D eigenvalue weighted by atomic mass is 15.5. The van der Waals surface area contributed by atoms with E-state index >= 15 is 0 Å². The molecule has 0 fully saturated rings. The minimum atomic E-state index is 0.0636. The first-order valence-corrected chi connectivity index (χ1v) is 3.69. The van der Waals surface area contributed by atoms with Gasteiger partial charge in [0.25, 0.3) is 0 Å². The number of benzene rings is 1. The largest absolute Gasteiger partial charge is 0.380 e. The lowest BCUT2D eigenvalue weighted by Crippen LogP contribution is -2.29. The van der Waals surface area contributed by atoms with Gasteiger partial charge in [0.1, 0.15) is 5.71 Å². The van der Waals surface area contributed by atoms with Crippen molar-refractivity contribution in [1.82, 2.24) is 5.53 Å². The van der Waals surface area contributed by atoms with Crippen LogP contribution in [-0.2, 0) is 0 Å². The second-order valence-electron chi connectivity index (χ2n) is 2.37. The van der Waals surface area contributed by atoms with Crippen molar-refractivity contribution in [2.24, 2.45) is 16.7 Å². The van der Waals surface area contributed by atoms with Crippen molar-refractivity contribution in [1.29, 1.82) is 5.41 Å². The fourth-order valence-corrected chi connectivity index (χ4v) is 0.878. The smallest absolute Gasteiger partial charge is 0.170 e. The molecule has 0 saturated carbocycles. The maximum Gasteiger partial charge on any atom is 0.170 e. The highest BCUT2D eigenvalue weighted by Crippen LogP contribution is 1.99. The van der Waals surface area contributed by atoms with E-state index in [0.29, 0.717) is 5.56 Å². The zero-order chi connectivity index (χ0) is 9.68. The van der Waals surface area contributed by atoms with Gasteiger partial charge in [-0.1, -0.05) is 30.3 Å². The number of amidine groups is 1. The molecule has 0 aliphatic carbocycles. The summed E-state index contributed by atoms with van der Waals surface area (Å²) in [5, 5.41) is 11.1. The third-order valence-electron chi connectivity index (χ3n) is 1.50. The Bertz CT molecular complexity index is 317. The van der Waals surface area contributed by atoms with Crippen molar-refractivity contribution in [3.8, 4) is 0 Å². The molecule has 0 aliphatic heterocycles. The first-order valence-electron chi connectivity index (χ1n) is 3.69. The van der Waals surface area contributed by atoms with Crippen molar-refractivity contribution < 1.29 is 0 Å². The van der Waals surface area contributed by atoms with Crippen LogP contribution in [-0.4, -0.2) is 11.5 Å². The van der Waals surface area contributed by atoms with Gasteiger partial charge in [-0.3, -0.25) is 5.41 Å². The number of nitrogens with one attached hydrogen (secondary N) is 2. The molecule has 5 heteroatoms. The van der Waals surface area contributed by atoms with E-state index in [1.54, 1.807) is 12.1 Å². The zero-order valence-electron chi connectivity index (χ0n) is 6.99. The minimum absolute atomic E-state index is 0.0636. The van der Waals surface area contributed by atoms with Crippen LogP contribution in [0, 0.1) is 5.41 Å². The summed E-state index contributed by atoms with van der Waals surface area (Å²) in [7, 11) is 0. The van der Waals surface area contributed by atoms with Crippen LogP contribution in [0.25, 0.3) is 0 Å². The lowest BCUT2D eigenvalue weighted by Gasteiger charge is -2.01. The number of rotatable bonds is 3. The van der Waals surface area contributed by atoms with E-state index in [0.717, 1.165) is 0 Å². The first-order chi connectivity index (χ1) is 6.25. The summed E-state index contributed by atoms with van der Waals surface area (Å²) in [5.41, 5.74) is 8.34. The second-order valence-corrected chi connectivity index (χ2v) is 2.37. The molecule has 5 nitrogen and oxygen atoms in total. The van der Waals surface area contributed by atoms with Crippen LogP contribution in [0.15, 0.2) is 35.4 Å². The highest BCUT2D eigenvalue weighted by molar-refractivity contribution is 6.45. The molecule has 0 spiro atoms. The molecule has 0 atom stereocenters. The van der Waals surface area contributed by atoms with Crippen LogP contribution in [0.5, 0.6) is 0 Å². The fourth-order valence-electron chi connectivity index (χ4n) is 0.878. The van der Waals surface area contributed by atoms with Gasteiger partial charge in [-0.2, -0.15) is 0 Å². The summed E-state index contributed by atoms with van der Waals surface area (Å²) in [6.07, 6.45) is 0. The molecule has 1 aromatic rings. The Morgan fingerprint density at radius 3 is 2.46 bits per heavy atom. The van der Waals surface area contributed by atoms with Crippen LogP contribution < -0.4 is 17.1 Å². The summed E-state index contributed by atoms with van der Waals surface area (Å²) in [6.45, 7) is 0. The highest BCUT2D eigenvalue weighted by Gasteiger charge is 2.04. The van der Waals surface area contributed by atoms with E-state index in [1.807, 2.05) is 23.7 Å². The van der Waals surface area contributed by atoms with Gasteiger partial charge in [-0.05, 0) is 0 Å². The predicted molar refractivity (Wildman–Crippen MR) is 52.2 cm³/mol. The van der Waals surface area contributed by atoms with Gasteiger partial charge >= 0.3 is 0 Å². The average Bonchev–Trinajstić information content (AvgIpc) is 2.18. The van der Waals surface area contributed by atoms with Crippen LogP contribution in [0.4, 0.5) is 0 Å². The van der Waals surface area contributed by atoms with Gasteiger partial charge in [-0.15, -0.1) is 5.10 Å². The number of nitrogens with zero attached hydrogens (tertiary/aromatic N) is 1. The summed E-state index contributed by atoms with van der Waals surface area (Å²) in [5.74, 6) is 4.99. The first kappa shape index (κ1) is 9.21. The number of nitrogens with two attached hydrogens (primary N) is 2. The number of hydrogen-bond donors (Lipinski definition) is 4. The normalized spacial score (nSPS) is 11.0. The van der Waals surface area contributed by atoms with Gasteiger partial charge < -0.3 is 5.73 Å². The molecule has 0 heterocycles. The molecule has 6 N–H and O–H groups in total. The molecule has 68 valence electrons. The Morgan fingerprint density at radius 1 is 1.31 bits per heavy atom. The third kappa shape index (κ3) is 2.28. The van der Waals surface area contributed by atoms with E-state index in [-0.39, 0.29) is 11.5 Å². The Balaban J connectivity index is 2.86. The lowest BCUT2D eigenvalue weighted by atomic mass is 10.1. The fraction of sp³-hybridized carbons (Fsp3) is 0. The molecule has 0 amide bonds. The van der Waals surface area contributed by atoms with Crippen molar-refractivity contribution in [2.45, 2.75) is 0 Å². The van der Waals surface area contributed by atoms with Gasteiger partial charge in [-0.25, -0.2) is 11.4 Å². The summed E-state index contributed by atoms with van der Waals surface area (Å²) in [6, 6.07) is 9.08. The number of hydrazone groups is 1. The molecule has 0 saturated heterocycles. The van der Waals surface area contributed by atoms with Crippen LogP contribution in [0.2, 0.25) is 0 Å². The zero-order valence-corrected chi connectivity index (χ0v) is 6.99. The predicted octanol–water partition coefficient (Wildman–Crippen LogP) is -0.210. The van der Waals surface area contributed by atoms with Crippen LogP contribution in [0.1, 0.15) is 5.56 Å². The standard InChI is InChI=1S/C8H11N5/c9-7(8(10)12-13-11)6-4-2-1-3-5-6/h1-5,9,13H,11H2,(H2,10,12). The van der Waals surface area contributed by atoms with Gasteiger partial charge in [0, 0.05) is 5.56 Å². The minimum Gasteiger partial charge on any atom is -0.380 e. The molecular weight excluding hydrogens is 166 g/mol. The van der Waals surface area contributed by atoms with Gasteiger partial charge in [0.2, 0.25) is 0 Å². The summed E-state index contributed by atoms with van der Waals surface area (Å²) < 4.78 is 0. The Hall–Kier alpha value is -1.88. The van der Waals surface area contributed by atoms with E-state index in [9.17, 15) is 0 Å². The van der Waals surface area contributed by atoms with Crippen LogP contribution >= 0.6 is 0 Å². The van der Waals surface area contributed by atoms with Crippen molar-refractivity contribution in [3.63, 3.8) is 0 Å². The van der Waals surface area contributed by atoms with Crippen molar-refractivity contribution in [3.05, 3.63) is 35.9 Å². The Kier molecular flexibility index (Phi) is 2.99. The number of hydrogen-bond acceptors (Lipinski definition) is 4. The van der Waals surface area contributed by atoms with Crippen molar-refractivity contribution in [2.75, 3.05) is 0 Å². The van der Waals surface area contributed by atoms with Gasteiger partial charge in [0.15, 0.2) is 5.84 Å². The second kappa shape index (κ2) is 4.22. The Morgan fingerprint density at radius 2 is 1.92 bits per heavy atom. The van der Waals surface area contributed by atoms with E-state index in [4.69, 9.17) is 17.0 Å². The van der Waals surface area contributed by atoms with Crippen LogP contribution in [0.3, 0.4) is 0 Å². The topological polar surface area (TPSA) is 100 Å². The maximum absolute atomic E-state index is 7.59. The monoisotopic (exact) mass is 177 g/mol. The molecular formula is C8H11N5. The van der Waals surface area contributed by atoms with Crippen molar-refractivity contribution >= 4 is 11.5 Å². The van der Waals surface area contributed by atoms with E-state index in [2.05, 4.69) is 5.10 Å². The lowest BCUT2D eigenvalue weighted by molar-refractivity contribution is 0.806. The molecule has 0 bridgehead atoms. The van der Waals surface area contributed by atoms with E-state index in [1.165, 1.54) is 0 Å². The number of hydrazine groups is 1. The molecule has 1 aromatic carbocycles. The summed E-state index contributed by atoms with van der Waals surface area (Å²) >= 11 is 0. The van der Waals surface area contributed by atoms with E-state index < -0.39 is 0 Å². The quantitative estimate of drug-likeness (QED) is 0.222. The summed E-state index contributed by atoms with van der Waals surface area (Å²) in [4.78, 5) is 0. The average molecular weight is 177 g/mol. The third-order valence-corrected chi connectivity index (χ3v) is 1.50. The molecule has 13 heavy (non-hydrogen) atoms. The SMILES string of the molecule is N=C(/C(N)=N/NN)c1ccccc1. The molecule has 0 aliphatic rings.